The number of amides is 2. The highest BCUT2D eigenvalue weighted by atomic mass is 35.5. The van der Waals surface area contributed by atoms with Gasteiger partial charge in [-0.3, -0.25) is 0 Å². The van der Waals surface area contributed by atoms with E-state index in [1.54, 1.807) is 26.4 Å². The van der Waals surface area contributed by atoms with Gasteiger partial charge in [-0.25, -0.2) is 10.2 Å². The monoisotopic (exact) mass is 361 g/mol. The van der Waals surface area contributed by atoms with Crippen molar-refractivity contribution in [2.24, 2.45) is 5.10 Å². The number of carbonyl (C=O) groups is 1. The molecule has 0 saturated carbocycles. The minimum Gasteiger partial charge on any atom is -0.493 e. The second kappa shape index (κ2) is 9.54. The van der Waals surface area contributed by atoms with Crippen LogP contribution in [0.15, 0.2) is 47.6 Å². The van der Waals surface area contributed by atoms with Crippen molar-refractivity contribution in [2.75, 3.05) is 20.8 Å². The lowest BCUT2D eigenvalue weighted by molar-refractivity contribution is 0.241. The van der Waals surface area contributed by atoms with E-state index in [-0.39, 0.29) is 6.03 Å². The maximum Gasteiger partial charge on any atom is 0.335 e. The van der Waals surface area contributed by atoms with Gasteiger partial charge in [-0.05, 0) is 47.9 Å². The number of hydrogen-bond donors (Lipinski definition) is 2. The second-order valence-corrected chi connectivity index (χ2v) is 5.55. The maximum atomic E-state index is 11.7. The molecule has 0 aliphatic rings. The third kappa shape index (κ3) is 6.00. The molecule has 2 amide bonds. The number of benzene rings is 2. The first kappa shape index (κ1) is 18.6. The number of ether oxygens (including phenoxy) is 2. The molecular formula is C18H20ClN3O3. The van der Waals surface area contributed by atoms with Gasteiger partial charge in [0.15, 0.2) is 11.5 Å². The van der Waals surface area contributed by atoms with Crippen LogP contribution in [0.1, 0.15) is 11.1 Å². The molecule has 0 radical (unpaired) electrons. The zero-order chi connectivity index (χ0) is 18.1. The molecule has 0 heterocycles. The zero-order valence-corrected chi connectivity index (χ0v) is 14.8. The first-order valence-electron chi connectivity index (χ1n) is 7.65. The second-order valence-electron chi connectivity index (χ2n) is 5.12. The molecule has 2 aromatic carbocycles. The summed E-state index contributed by atoms with van der Waals surface area (Å²) >= 11 is 5.83. The molecule has 6 nitrogen and oxygen atoms in total. The summed E-state index contributed by atoms with van der Waals surface area (Å²) in [6.07, 6.45) is 2.24. The van der Waals surface area contributed by atoms with Crippen molar-refractivity contribution in [1.82, 2.24) is 10.7 Å². The summed E-state index contributed by atoms with van der Waals surface area (Å²) in [5.74, 6) is 1.23. The number of nitrogens with one attached hydrogen (secondary N) is 2. The van der Waals surface area contributed by atoms with E-state index in [4.69, 9.17) is 21.1 Å². The number of nitrogens with zero attached hydrogens (tertiary/aromatic N) is 1. The molecule has 0 unspecified atom stereocenters. The number of carbonyl (C=O) groups excluding carboxylic acids is 1. The Kier molecular flexibility index (Phi) is 7.10. The summed E-state index contributed by atoms with van der Waals surface area (Å²) in [6, 6.07) is 12.5. The first-order chi connectivity index (χ1) is 12.1. The van der Waals surface area contributed by atoms with Crippen LogP contribution in [-0.2, 0) is 6.42 Å². The molecule has 7 heteroatoms. The summed E-state index contributed by atoms with van der Waals surface area (Å²) < 4.78 is 10.4. The summed E-state index contributed by atoms with van der Waals surface area (Å²) in [6.45, 7) is 0.499. The molecular weight excluding hydrogens is 342 g/mol. The Labute approximate surface area is 151 Å². The van der Waals surface area contributed by atoms with E-state index in [9.17, 15) is 4.79 Å². The van der Waals surface area contributed by atoms with Crippen LogP contribution in [0.2, 0.25) is 5.02 Å². The van der Waals surface area contributed by atoms with Crippen LogP contribution in [0.3, 0.4) is 0 Å². The molecule has 2 N–H and O–H groups in total. The number of halogens is 1. The van der Waals surface area contributed by atoms with Crippen LogP contribution >= 0.6 is 11.6 Å². The third-order valence-corrected chi connectivity index (χ3v) is 3.65. The van der Waals surface area contributed by atoms with E-state index in [0.717, 1.165) is 11.1 Å². The van der Waals surface area contributed by atoms with Gasteiger partial charge < -0.3 is 14.8 Å². The van der Waals surface area contributed by atoms with Gasteiger partial charge in [0.2, 0.25) is 0 Å². The molecule has 0 atom stereocenters. The lowest BCUT2D eigenvalue weighted by Crippen LogP contribution is -2.33. The average molecular weight is 362 g/mol. The normalized spacial score (nSPS) is 10.5. The number of methoxy groups -OCH3 is 2. The number of rotatable bonds is 7. The molecule has 132 valence electrons. The molecule has 2 aromatic rings. The summed E-state index contributed by atoms with van der Waals surface area (Å²) in [4.78, 5) is 11.7. The quantitative estimate of drug-likeness (QED) is 0.587. The minimum absolute atomic E-state index is 0.370. The van der Waals surface area contributed by atoms with Gasteiger partial charge in [0.05, 0.1) is 20.4 Å². The molecule has 0 bridgehead atoms. The molecule has 0 aliphatic heterocycles. The Morgan fingerprint density at radius 2 is 1.84 bits per heavy atom. The van der Waals surface area contributed by atoms with Crippen LogP contribution in [0.5, 0.6) is 11.5 Å². The van der Waals surface area contributed by atoms with E-state index in [1.807, 2.05) is 30.3 Å². The summed E-state index contributed by atoms with van der Waals surface area (Å²) in [7, 11) is 3.13. The zero-order valence-electron chi connectivity index (χ0n) is 14.1. The van der Waals surface area contributed by atoms with Gasteiger partial charge in [-0.2, -0.15) is 5.10 Å². The fourth-order valence-electron chi connectivity index (χ4n) is 2.11. The van der Waals surface area contributed by atoms with Crippen LogP contribution in [0, 0.1) is 0 Å². The van der Waals surface area contributed by atoms with E-state index in [1.165, 1.54) is 6.21 Å². The van der Waals surface area contributed by atoms with E-state index in [2.05, 4.69) is 15.8 Å². The van der Waals surface area contributed by atoms with Gasteiger partial charge in [0.1, 0.15) is 0 Å². The van der Waals surface area contributed by atoms with Gasteiger partial charge in [-0.15, -0.1) is 0 Å². The van der Waals surface area contributed by atoms with Gasteiger partial charge in [-0.1, -0.05) is 23.7 Å². The number of hydrazone groups is 1. The Morgan fingerprint density at radius 1 is 1.12 bits per heavy atom. The predicted molar refractivity (Wildman–Crippen MR) is 98.8 cm³/mol. The fraction of sp³-hybridized carbons (Fsp3) is 0.222. The molecule has 25 heavy (non-hydrogen) atoms. The van der Waals surface area contributed by atoms with E-state index < -0.39 is 0 Å². The van der Waals surface area contributed by atoms with Crippen molar-refractivity contribution in [3.63, 3.8) is 0 Å². The largest absolute Gasteiger partial charge is 0.493 e. The molecule has 2 rings (SSSR count). The highest BCUT2D eigenvalue weighted by molar-refractivity contribution is 6.30. The van der Waals surface area contributed by atoms with Crippen LogP contribution in [-0.4, -0.2) is 33.0 Å². The van der Waals surface area contributed by atoms with Crippen LogP contribution in [0.4, 0.5) is 4.79 Å². The average Bonchev–Trinajstić information content (AvgIpc) is 2.63. The Hall–Kier alpha value is -2.73. The topological polar surface area (TPSA) is 72.0 Å². The van der Waals surface area contributed by atoms with Crippen LogP contribution < -0.4 is 20.2 Å². The minimum atomic E-state index is -0.370. The van der Waals surface area contributed by atoms with Gasteiger partial charge >= 0.3 is 6.03 Å². The Morgan fingerprint density at radius 3 is 2.52 bits per heavy atom. The third-order valence-electron chi connectivity index (χ3n) is 3.40. The molecule has 0 fully saturated rings. The van der Waals surface area contributed by atoms with Crippen molar-refractivity contribution >= 4 is 23.8 Å². The van der Waals surface area contributed by atoms with E-state index >= 15 is 0 Å². The SMILES string of the molecule is COc1ccc(C=NNC(=O)NCCc2ccc(Cl)cc2)cc1OC. The maximum absolute atomic E-state index is 11.7. The van der Waals surface area contributed by atoms with Gasteiger partial charge in [0.25, 0.3) is 0 Å². The molecule has 0 spiro atoms. The Balaban J connectivity index is 1.77. The van der Waals surface area contributed by atoms with Crippen molar-refractivity contribution in [3.8, 4) is 11.5 Å². The van der Waals surface area contributed by atoms with Crippen molar-refractivity contribution < 1.29 is 14.3 Å². The van der Waals surface area contributed by atoms with Gasteiger partial charge in [0, 0.05) is 11.6 Å². The Bertz CT molecular complexity index is 733. The highest BCUT2D eigenvalue weighted by Crippen LogP contribution is 2.26. The molecule has 0 aromatic heterocycles. The number of urea groups is 1. The fourth-order valence-corrected chi connectivity index (χ4v) is 2.24. The predicted octanol–water partition coefficient (Wildman–Crippen LogP) is 3.23. The van der Waals surface area contributed by atoms with E-state index in [0.29, 0.717) is 29.5 Å². The smallest absolute Gasteiger partial charge is 0.335 e. The lowest BCUT2D eigenvalue weighted by Gasteiger charge is -2.07. The standard InChI is InChI=1S/C18H20ClN3O3/c1-24-16-8-5-14(11-17(16)25-2)12-21-22-18(23)20-10-9-13-3-6-15(19)7-4-13/h3-8,11-12H,9-10H2,1-2H3,(H2,20,22,23). The summed E-state index contributed by atoms with van der Waals surface area (Å²) in [5.41, 5.74) is 4.29. The van der Waals surface area contributed by atoms with Crippen molar-refractivity contribution in [1.29, 1.82) is 0 Å². The van der Waals surface area contributed by atoms with Crippen molar-refractivity contribution in [3.05, 3.63) is 58.6 Å². The lowest BCUT2D eigenvalue weighted by atomic mass is 10.1. The highest BCUT2D eigenvalue weighted by Gasteiger charge is 2.03. The molecule has 0 saturated heterocycles. The number of hydrogen-bond acceptors (Lipinski definition) is 4. The first-order valence-corrected chi connectivity index (χ1v) is 8.03. The molecule has 0 aliphatic carbocycles. The van der Waals surface area contributed by atoms with Crippen molar-refractivity contribution in [2.45, 2.75) is 6.42 Å². The summed E-state index contributed by atoms with van der Waals surface area (Å²) in [5, 5.41) is 7.33. The van der Waals surface area contributed by atoms with Crippen LogP contribution in [0.25, 0.3) is 0 Å².